The first-order valence-corrected chi connectivity index (χ1v) is 7.89. The smallest absolute Gasteiger partial charge is 0.387 e. The summed E-state index contributed by atoms with van der Waals surface area (Å²) in [6.07, 6.45) is 1.67. The predicted octanol–water partition coefficient (Wildman–Crippen LogP) is 2.51. The van der Waals surface area contributed by atoms with Crippen molar-refractivity contribution in [2.24, 2.45) is 5.92 Å². The molecule has 2 bridgehead atoms. The van der Waals surface area contributed by atoms with Crippen molar-refractivity contribution in [3.05, 3.63) is 29.8 Å². The number of likely N-dealkylation sites (N-methyl/N-ethyl adjacent to an activating group) is 1. The first kappa shape index (κ1) is 16.3. The number of carbonyl (C=O) groups is 1. The molecule has 23 heavy (non-hydrogen) atoms. The van der Waals surface area contributed by atoms with Crippen molar-refractivity contribution >= 4 is 5.78 Å². The summed E-state index contributed by atoms with van der Waals surface area (Å²) in [5.74, 6) is 0.150. The monoisotopic (exact) mass is 325 g/mol. The molecule has 1 aromatic rings. The zero-order valence-corrected chi connectivity index (χ0v) is 13.1. The molecule has 2 saturated heterocycles. The van der Waals surface area contributed by atoms with Crippen LogP contribution in [0.2, 0.25) is 0 Å². The summed E-state index contributed by atoms with van der Waals surface area (Å²) in [6.45, 7) is -1.57. The Hall–Kier alpha value is -1.53. The molecule has 0 spiro atoms. The lowest BCUT2D eigenvalue weighted by atomic mass is 9.81. The zero-order valence-electron chi connectivity index (χ0n) is 13.1. The molecule has 2 aliphatic heterocycles. The number of carbonyl (C=O) groups excluding carboxylic acids is 1. The molecular weight excluding hydrogens is 304 g/mol. The summed E-state index contributed by atoms with van der Waals surface area (Å²) in [6, 6.07) is 7.05. The number of Topliss-reactive ketones (excluding diaryl/α,β-unsaturated/α-hetero) is 1. The molecule has 4 nitrogen and oxygen atoms in total. The number of fused-ring (bicyclic) bond motifs is 2. The summed E-state index contributed by atoms with van der Waals surface area (Å²) in [5, 5.41) is 0. The molecule has 0 saturated carbocycles. The van der Waals surface area contributed by atoms with Gasteiger partial charge in [0.1, 0.15) is 11.5 Å². The van der Waals surface area contributed by atoms with Crippen LogP contribution >= 0.6 is 0 Å². The van der Waals surface area contributed by atoms with Gasteiger partial charge in [-0.25, -0.2) is 0 Å². The number of morpholine rings is 1. The summed E-state index contributed by atoms with van der Waals surface area (Å²) >= 11 is 0. The minimum absolute atomic E-state index is 0.0373. The second kappa shape index (κ2) is 6.93. The van der Waals surface area contributed by atoms with Gasteiger partial charge in [-0.1, -0.05) is 18.2 Å². The van der Waals surface area contributed by atoms with Gasteiger partial charge in [0.25, 0.3) is 0 Å². The number of rotatable bonds is 5. The third-order valence-electron chi connectivity index (χ3n) is 4.89. The largest absolute Gasteiger partial charge is 0.435 e. The van der Waals surface area contributed by atoms with E-state index in [0.717, 1.165) is 12.8 Å². The maximum absolute atomic E-state index is 12.6. The molecule has 2 atom stereocenters. The van der Waals surface area contributed by atoms with E-state index < -0.39 is 6.61 Å². The van der Waals surface area contributed by atoms with Crippen LogP contribution in [0.15, 0.2) is 24.3 Å². The number of alkyl halides is 2. The second-order valence-corrected chi connectivity index (χ2v) is 6.31. The van der Waals surface area contributed by atoms with Crippen molar-refractivity contribution in [3.8, 4) is 5.75 Å². The van der Waals surface area contributed by atoms with Crippen LogP contribution in [0.1, 0.15) is 18.4 Å². The Morgan fingerprint density at radius 2 is 1.96 bits per heavy atom. The van der Waals surface area contributed by atoms with E-state index in [2.05, 4.69) is 16.7 Å². The number of piperidine rings is 1. The molecule has 6 heteroatoms. The zero-order chi connectivity index (χ0) is 16.4. The van der Waals surface area contributed by atoms with Gasteiger partial charge >= 0.3 is 6.61 Å². The maximum atomic E-state index is 12.6. The number of ketones is 1. The highest BCUT2D eigenvalue weighted by Crippen LogP contribution is 2.32. The van der Waals surface area contributed by atoms with E-state index in [1.807, 2.05) is 0 Å². The van der Waals surface area contributed by atoms with E-state index in [0.29, 0.717) is 18.8 Å². The summed E-state index contributed by atoms with van der Waals surface area (Å²) in [4.78, 5) is 14.9. The maximum Gasteiger partial charge on any atom is 0.387 e. The van der Waals surface area contributed by atoms with Gasteiger partial charge in [-0.2, -0.15) is 8.78 Å². The molecule has 0 aromatic heterocycles. The Kier molecular flexibility index (Phi) is 4.92. The number of nitrogens with zero attached hydrogens (tertiary/aromatic N) is 1. The first-order valence-electron chi connectivity index (χ1n) is 7.89. The average Bonchev–Trinajstić information content (AvgIpc) is 2.48. The molecule has 0 radical (unpaired) electrons. The molecule has 2 unspecified atom stereocenters. The van der Waals surface area contributed by atoms with Gasteiger partial charge in [-0.3, -0.25) is 9.69 Å². The molecular formula is C17H21F2NO3. The molecule has 3 rings (SSSR count). The molecule has 2 heterocycles. The summed E-state index contributed by atoms with van der Waals surface area (Å²) in [5.41, 5.74) is 0.526. The van der Waals surface area contributed by atoms with Crippen LogP contribution in [0.3, 0.4) is 0 Å². The number of hydrogen-bond donors (Lipinski definition) is 0. The third-order valence-corrected chi connectivity index (χ3v) is 4.89. The molecule has 1 aromatic carbocycles. The summed E-state index contributed by atoms with van der Waals surface area (Å²) < 4.78 is 35.0. The molecule has 0 amide bonds. The molecule has 2 aliphatic rings. The van der Waals surface area contributed by atoms with E-state index in [-0.39, 0.29) is 36.0 Å². The van der Waals surface area contributed by atoms with Gasteiger partial charge in [0, 0.05) is 30.0 Å². The minimum atomic E-state index is -2.88. The highest BCUT2D eigenvalue weighted by Gasteiger charge is 2.39. The number of ether oxygens (including phenoxy) is 2. The van der Waals surface area contributed by atoms with Gasteiger partial charge in [0.2, 0.25) is 0 Å². The number of para-hydroxylation sites is 1. The Morgan fingerprint density at radius 3 is 2.61 bits per heavy atom. The lowest BCUT2D eigenvalue weighted by Crippen LogP contribution is -2.55. The van der Waals surface area contributed by atoms with Gasteiger partial charge < -0.3 is 9.47 Å². The Bertz CT molecular complexity index is 553. The molecule has 126 valence electrons. The number of hydrogen-bond acceptors (Lipinski definition) is 4. The number of benzene rings is 1. The summed E-state index contributed by atoms with van der Waals surface area (Å²) in [7, 11) is 2.07. The van der Waals surface area contributed by atoms with E-state index in [1.54, 1.807) is 18.2 Å². The normalized spacial score (nSPS) is 27.9. The Balaban J connectivity index is 1.68. The highest BCUT2D eigenvalue weighted by atomic mass is 19.3. The quantitative estimate of drug-likeness (QED) is 0.834. The average molecular weight is 325 g/mol. The van der Waals surface area contributed by atoms with Crippen LogP contribution in [-0.4, -0.2) is 49.6 Å². The van der Waals surface area contributed by atoms with Crippen molar-refractivity contribution in [2.75, 3.05) is 20.3 Å². The van der Waals surface area contributed by atoms with Crippen molar-refractivity contribution < 1.29 is 23.0 Å². The SMILES string of the molecule is CN1C2COCC1CC(C(=O)Cc1ccccc1OC(F)F)C2. The van der Waals surface area contributed by atoms with Crippen molar-refractivity contribution in [2.45, 2.75) is 38.0 Å². The molecule has 0 aliphatic carbocycles. The van der Waals surface area contributed by atoms with E-state index in [4.69, 9.17) is 4.74 Å². The number of halogens is 2. The standard InChI is InChI=1S/C17H21F2NO3/c1-20-13-6-12(7-14(20)10-22-9-13)15(21)8-11-4-2-3-5-16(11)23-17(18)19/h2-5,12-14,17H,6-10H2,1H3. The topological polar surface area (TPSA) is 38.8 Å². The fourth-order valence-electron chi connectivity index (χ4n) is 3.55. The van der Waals surface area contributed by atoms with Gasteiger partial charge in [-0.05, 0) is 26.0 Å². The van der Waals surface area contributed by atoms with Crippen molar-refractivity contribution in [1.82, 2.24) is 4.90 Å². The Labute approximate surface area is 134 Å². The fourth-order valence-corrected chi connectivity index (χ4v) is 3.55. The van der Waals surface area contributed by atoms with E-state index in [1.165, 1.54) is 6.07 Å². The van der Waals surface area contributed by atoms with Crippen molar-refractivity contribution in [1.29, 1.82) is 0 Å². The van der Waals surface area contributed by atoms with E-state index >= 15 is 0 Å². The Morgan fingerprint density at radius 1 is 1.30 bits per heavy atom. The highest BCUT2D eigenvalue weighted by molar-refractivity contribution is 5.84. The second-order valence-electron chi connectivity index (χ2n) is 6.31. The molecule has 0 N–H and O–H groups in total. The van der Waals surface area contributed by atoms with Crippen LogP contribution in [-0.2, 0) is 16.0 Å². The van der Waals surface area contributed by atoms with Crippen LogP contribution in [0.4, 0.5) is 8.78 Å². The van der Waals surface area contributed by atoms with Crippen LogP contribution in [0.25, 0.3) is 0 Å². The lowest BCUT2D eigenvalue weighted by molar-refractivity contribution is -0.130. The minimum Gasteiger partial charge on any atom is -0.435 e. The van der Waals surface area contributed by atoms with Crippen molar-refractivity contribution in [3.63, 3.8) is 0 Å². The van der Waals surface area contributed by atoms with Gasteiger partial charge in [-0.15, -0.1) is 0 Å². The fraction of sp³-hybridized carbons (Fsp3) is 0.588. The third kappa shape index (κ3) is 3.70. The van der Waals surface area contributed by atoms with Crippen LogP contribution in [0, 0.1) is 5.92 Å². The van der Waals surface area contributed by atoms with Crippen LogP contribution in [0.5, 0.6) is 5.75 Å². The van der Waals surface area contributed by atoms with Gasteiger partial charge in [0.05, 0.1) is 13.2 Å². The predicted molar refractivity (Wildman–Crippen MR) is 80.7 cm³/mol. The first-order chi connectivity index (χ1) is 11.0. The molecule has 2 fully saturated rings. The van der Waals surface area contributed by atoms with E-state index in [9.17, 15) is 13.6 Å². The van der Waals surface area contributed by atoms with Crippen LogP contribution < -0.4 is 4.74 Å². The van der Waals surface area contributed by atoms with Gasteiger partial charge in [0.15, 0.2) is 0 Å². The lowest BCUT2D eigenvalue weighted by Gasteiger charge is -2.46.